The summed E-state index contributed by atoms with van der Waals surface area (Å²) in [7, 11) is 1.38. The van der Waals surface area contributed by atoms with Gasteiger partial charge in [0.15, 0.2) is 5.13 Å². The third kappa shape index (κ3) is 3.99. The quantitative estimate of drug-likeness (QED) is 0.914. The molecule has 1 aromatic heterocycles. The molecule has 0 bridgehead atoms. The second-order valence-electron chi connectivity index (χ2n) is 6.19. The van der Waals surface area contributed by atoms with Crippen molar-refractivity contribution in [3.63, 3.8) is 0 Å². The Morgan fingerprint density at radius 2 is 2.16 bits per heavy atom. The first kappa shape index (κ1) is 17.4. The van der Waals surface area contributed by atoms with Gasteiger partial charge >= 0.3 is 6.09 Å². The molecule has 0 saturated carbocycles. The molecule has 0 radical (unpaired) electrons. The first-order valence-corrected chi connectivity index (χ1v) is 8.95. The van der Waals surface area contributed by atoms with E-state index in [1.165, 1.54) is 24.0 Å². The number of benzene rings is 1. The number of rotatable bonds is 3. The van der Waals surface area contributed by atoms with Crippen molar-refractivity contribution in [1.82, 2.24) is 9.88 Å². The second kappa shape index (κ2) is 7.23. The summed E-state index contributed by atoms with van der Waals surface area (Å²) in [6.45, 7) is 5.11. The highest BCUT2D eigenvalue weighted by Gasteiger charge is 2.25. The molecule has 1 N–H and O–H groups in total. The van der Waals surface area contributed by atoms with Crippen LogP contribution in [0.4, 0.5) is 9.93 Å². The van der Waals surface area contributed by atoms with Gasteiger partial charge in [-0.3, -0.25) is 4.79 Å². The van der Waals surface area contributed by atoms with Gasteiger partial charge in [-0.05, 0) is 25.0 Å². The lowest BCUT2D eigenvalue weighted by atomic mass is 10.0. The van der Waals surface area contributed by atoms with Gasteiger partial charge in [0, 0.05) is 17.8 Å². The Labute approximate surface area is 150 Å². The number of thiazole rings is 1. The minimum absolute atomic E-state index is 0.0807. The number of hydrogen-bond acceptors (Lipinski definition) is 5. The Kier molecular flexibility index (Phi) is 5.03. The van der Waals surface area contributed by atoms with Crippen molar-refractivity contribution < 1.29 is 14.3 Å². The molecular weight excluding hydrogens is 338 g/mol. The minimum Gasteiger partial charge on any atom is -0.453 e. The Hall–Kier alpha value is -2.41. The largest absolute Gasteiger partial charge is 0.453 e. The van der Waals surface area contributed by atoms with Gasteiger partial charge in [0.1, 0.15) is 0 Å². The first-order valence-electron chi connectivity index (χ1n) is 8.13. The van der Waals surface area contributed by atoms with Gasteiger partial charge in [-0.15, -0.1) is 0 Å². The molecule has 2 amide bonds. The summed E-state index contributed by atoms with van der Waals surface area (Å²) in [5.74, 6) is -0.0807. The molecule has 6 nitrogen and oxygen atoms in total. The summed E-state index contributed by atoms with van der Waals surface area (Å²) in [5.41, 5.74) is 4.26. The van der Waals surface area contributed by atoms with Crippen LogP contribution < -0.4 is 5.32 Å². The zero-order valence-electron chi connectivity index (χ0n) is 14.6. The van der Waals surface area contributed by atoms with Crippen LogP contribution in [-0.2, 0) is 28.9 Å². The van der Waals surface area contributed by atoms with Gasteiger partial charge in [0.2, 0.25) is 5.91 Å². The predicted octanol–water partition coefficient (Wildman–Crippen LogP) is 3.07. The second-order valence-corrected chi connectivity index (χ2v) is 7.27. The Bertz CT molecular complexity index is 816. The molecule has 0 saturated heterocycles. The molecule has 132 valence electrons. The molecule has 1 aromatic carbocycles. The molecule has 0 unspecified atom stereocenters. The van der Waals surface area contributed by atoms with E-state index in [0.717, 1.165) is 21.7 Å². The van der Waals surface area contributed by atoms with Gasteiger partial charge in [-0.2, -0.15) is 0 Å². The van der Waals surface area contributed by atoms with Crippen molar-refractivity contribution in [2.75, 3.05) is 19.0 Å². The number of fused-ring (bicyclic) bond motifs is 1. The Morgan fingerprint density at radius 3 is 2.88 bits per heavy atom. The summed E-state index contributed by atoms with van der Waals surface area (Å²) in [6.07, 6.45) is 0.665. The normalized spacial score (nSPS) is 13.3. The van der Waals surface area contributed by atoms with Crippen molar-refractivity contribution in [2.24, 2.45) is 0 Å². The van der Waals surface area contributed by atoms with Crippen molar-refractivity contribution >= 4 is 28.5 Å². The van der Waals surface area contributed by atoms with Crippen LogP contribution in [0, 0.1) is 13.8 Å². The molecule has 0 aliphatic carbocycles. The zero-order chi connectivity index (χ0) is 18.0. The molecule has 1 aliphatic heterocycles. The van der Waals surface area contributed by atoms with Crippen molar-refractivity contribution in [2.45, 2.75) is 33.2 Å². The molecule has 0 atom stereocenters. The van der Waals surface area contributed by atoms with E-state index in [1.54, 1.807) is 4.90 Å². The maximum Gasteiger partial charge on any atom is 0.409 e. The number of hydrogen-bond donors (Lipinski definition) is 1. The van der Waals surface area contributed by atoms with E-state index in [0.29, 0.717) is 31.1 Å². The fourth-order valence-electron chi connectivity index (χ4n) is 2.91. The number of carbonyl (C=O) groups excluding carboxylic acids is 2. The van der Waals surface area contributed by atoms with Crippen LogP contribution >= 0.6 is 11.3 Å². The number of methoxy groups -OCH3 is 1. The van der Waals surface area contributed by atoms with E-state index in [4.69, 9.17) is 4.74 Å². The molecule has 2 heterocycles. The highest BCUT2D eigenvalue weighted by atomic mass is 32.1. The lowest BCUT2D eigenvalue weighted by molar-refractivity contribution is -0.115. The number of aromatic nitrogens is 1. The summed E-state index contributed by atoms with van der Waals surface area (Å²) in [4.78, 5) is 31.1. The van der Waals surface area contributed by atoms with Gasteiger partial charge in [0.25, 0.3) is 0 Å². The first-order chi connectivity index (χ1) is 12.0. The van der Waals surface area contributed by atoms with Crippen LogP contribution in [0.5, 0.6) is 0 Å². The van der Waals surface area contributed by atoms with E-state index in [2.05, 4.69) is 16.4 Å². The van der Waals surface area contributed by atoms with E-state index in [-0.39, 0.29) is 12.0 Å². The van der Waals surface area contributed by atoms with E-state index in [9.17, 15) is 9.59 Å². The van der Waals surface area contributed by atoms with Gasteiger partial charge in [0.05, 0.1) is 25.8 Å². The fourth-order valence-corrected chi connectivity index (χ4v) is 3.95. The van der Waals surface area contributed by atoms with Gasteiger partial charge in [-0.1, -0.05) is 35.1 Å². The summed E-state index contributed by atoms with van der Waals surface area (Å²) in [5, 5.41) is 3.47. The highest BCUT2D eigenvalue weighted by molar-refractivity contribution is 7.15. The van der Waals surface area contributed by atoms with Crippen LogP contribution in [0.2, 0.25) is 0 Å². The SMILES string of the molecule is COC(=O)N1CCc2nc(NC(=O)Cc3ccc(C)cc3C)sc2C1. The predicted molar refractivity (Wildman–Crippen MR) is 96.9 cm³/mol. The number of ether oxygens (including phenoxy) is 1. The van der Waals surface area contributed by atoms with E-state index >= 15 is 0 Å². The summed E-state index contributed by atoms with van der Waals surface area (Å²) < 4.78 is 4.76. The molecule has 1 aliphatic rings. The molecular formula is C18H21N3O3S. The standard InChI is InChI=1S/C18H21N3O3S/c1-11-4-5-13(12(2)8-11)9-16(22)20-17-19-14-6-7-21(18(23)24-3)10-15(14)25-17/h4-5,8H,6-7,9-10H2,1-3H3,(H,19,20,22). The molecule has 2 aromatic rings. The minimum atomic E-state index is -0.334. The van der Waals surface area contributed by atoms with Gasteiger partial charge in [-0.25, -0.2) is 9.78 Å². The molecule has 7 heteroatoms. The molecule has 0 spiro atoms. The average molecular weight is 359 g/mol. The Morgan fingerprint density at radius 1 is 1.36 bits per heavy atom. The fraction of sp³-hybridized carbons (Fsp3) is 0.389. The van der Waals surface area contributed by atoms with Crippen LogP contribution in [-0.4, -0.2) is 35.5 Å². The van der Waals surface area contributed by atoms with Crippen molar-refractivity contribution in [3.05, 3.63) is 45.5 Å². The molecule has 25 heavy (non-hydrogen) atoms. The number of nitrogens with zero attached hydrogens (tertiary/aromatic N) is 2. The summed E-state index contributed by atoms with van der Waals surface area (Å²) in [6, 6.07) is 6.08. The van der Waals surface area contributed by atoms with Gasteiger partial charge < -0.3 is 15.0 Å². The number of nitrogens with one attached hydrogen (secondary N) is 1. The van der Waals surface area contributed by atoms with Crippen LogP contribution in [0.25, 0.3) is 0 Å². The smallest absolute Gasteiger partial charge is 0.409 e. The zero-order valence-corrected chi connectivity index (χ0v) is 15.4. The van der Waals surface area contributed by atoms with Crippen LogP contribution in [0.3, 0.4) is 0 Å². The number of carbonyl (C=O) groups is 2. The van der Waals surface area contributed by atoms with Crippen molar-refractivity contribution in [1.29, 1.82) is 0 Å². The lowest BCUT2D eigenvalue weighted by Crippen LogP contribution is -2.35. The number of anilines is 1. The van der Waals surface area contributed by atoms with Crippen LogP contribution in [0.15, 0.2) is 18.2 Å². The highest BCUT2D eigenvalue weighted by Crippen LogP contribution is 2.28. The topological polar surface area (TPSA) is 71.5 Å². The van der Waals surface area contributed by atoms with Crippen molar-refractivity contribution in [3.8, 4) is 0 Å². The lowest BCUT2D eigenvalue weighted by Gasteiger charge is -2.24. The van der Waals surface area contributed by atoms with Crippen LogP contribution in [0.1, 0.15) is 27.3 Å². The number of aryl methyl sites for hydroxylation is 2. The maximum absolute atomic E-state index is 12.3. The third-order valence-electron chi connectivity index (χ3n) is 4.26. The number of amides is 2. The third-order valence-corrected chi connectivity index (χ3v) is 5.26. The van der Waals surface area contributed by atoms with E-state index < -0.39 is 0 Å². The molecule has 0 fully saturated rings. The maximum atomic E-state index is 12.3. The monoisotopic (exact) mass is 359 g/mol. The summed E-state index contributed by atoms with van der Waals surface area (Å²) >= 11 is 1.42. The Balaban J connectivity index is 1.65. The average Bonchev–Trinajstić information content (AvgIpc) is 2.97. The van der Waals surface area contributed by atoms with E-state index in [1.807, 2.05) is 26.0 Å². The molecule has 3 rings (SSSR count).